The van der Waals surface area contributed by atoms with Gasteiger partial charge in [0.05, 0.1) is 16.2 Å². The topological polar surface area (TPSA) is 105 Å². The van der Waals surface area contributed by atoms with Crippen molar-refractivity contribution in [3.63, 3.8) is 0 Å². The van der Waals surface area contributed by atoms with Crippen LogP contribution in [0.2, 0.25) is 0 Å². The molecule has 9 heteroatoms. The third-order valence-electron chi connectivity index (χ3n) is 4.65. The van der Waals surface area contributed by atoms with Gasteiger partial charge >= 0.3 is 0 Å². The van der Waals surface area contributed by atoms with Crippen molar-refractivity contribution in [3.8, 4) is 0 Å². The highest BCUT2D eigenvalue weighted by Gasteiger charge is 2.22. The number of carbonyl (C=O) groups excluding carboxylic acids is 2. The van der Waals surface area contributed by atoms with Crippen LogP contribution in [0.15, 0.2) is 46.9 Å². The predicted octanol–water partition coefficient (Wildman–Crippen LogP) is 3.72. The number of non-ortho nitro benzene ring substituents is 1. The van der Waals surface area contributed by atoms with Crippen molar-refractivity contribution < 1.29 is 14.5 Å². The Morgan fingerprint density at radius 3 is 2.45 bits per heavy atom. The molecule has 2 aromatic rings. The summed E-state index contributed by atoms with van der Waals surface area (Å²) in [6, 6.07) is 11.5. The van der Waals surface area contributed by atoms with E-state index in [0.717, 1.165) is 30.4 Å². The number of nitrogens with one attached hydrogen (secondary N) is 2. The van der Waals surface area contributed by atoms with Crippen molar-refractivity contribution in [3.05, 3.63) is 62.6 Å². The van der Waals surface area contributed by atoms with E-state index in [1.807, 2.05) is 12.1 Å². The Balaban J connectivity index is 1.61. The van der Waals surface area contributed by atoms with Crippen molar-refractivity contribution in [2.75, 3.05) is 29.9 Å². The molecule has 1 saturated heterocycles. The maximum Gasteiger partial charge on any atom is 0.270 e. The van der Waals surface area contributed by atoms with Crippen molar-refractivity contribution in [1.82, 2.24) is 5.32 Å². The summed E-state index contributed by atoms with van der Waals surface area (Å²) in [7, 11) is 0. The van der Waals surface area contributed by atoms with Gasteiger partial charge in [-0.05, 0) is 43.2 Å². The van der Waals surface area contributed by atoms with Gasteiger partial charge in [-0.25, -0.2) is 0 Å². The molecule has 0 atom stereocenters. The Morgan fingerprint density at radius 1 is 1.10 bits per heavy atom. The lowest BCUT2D eigenvalue weighted by molar-refractivity contribution is -0.384. The first-order valence-electron chi connectivity index (χ1n) is 9.31. The molecule has 29 heavy (non-hydrogen) atoms. The molecule has 1 aliphatic rings. The molecule has 0 aliphatic carbocycles. The minimum Gasteiger partial charge on any atom is -0.371 e. The molecule has 2 amide bonds. The number of halogens is 1. The summed E-state index contributed by atoms with van der Waals surface area (Å²) in [4.78, 5) is 37.4. The number of hydrogen-bond donors (Lipinski definition) is 2. The van der Waals surface area contributed by atoms with Crippen LogP contribution in [-0.4, -0.2) is 36.4 Å². The van der Waals surface area contributed by atoms with Crippen LogP contribution in [0.4, 0.5) is 17.1 Å². The van der Waals surface area contributed by atoms with Crippen LogP contribution < -0.4 is 15.5 Å². The molecule has 1 fully saturated rings. The highest BCUT2D eigenvalue weighted by atomic mass is 79.9. The molecule has 0 unspecified atom stereocenters. The monoisotopic (exact) mass is 460 g/mol. The van der Waals surface area contributed by atoms with Gasteiger partial charge in [-0.15, -0.1) is 0 Å². The Hall–Kier alpha value is -2.94. The van der Waals surface area contributed by atoms with Gasteiger partial charge in [0, 0.05) is 48.3 Å². The SMILES string of the molecule is O=C(CCNC(=O)c1cc([N+](=O)[O-])ccc1N1CCCC1)Nc1ccc(Br)cc1. The molecule has 1 aliphatic heterocycles. The average Bonchev–Trinajstić information content (AvgIpc) is 3.24. The fourth-order valence-corrected chi connectivity index (χ4v) is 3.46. The van der Waals surface area contributed by atoms with E-state index in [4.69, 9.17) is 0 Å². The molecule has 2 aromatic carbocycles. The molecule has 0 spiro atoms. The van der Waals surface area contributed by atoms with Crippen LogP contribution >= 0.6 is 15.9 Å². The lowest BCUT2D eigenvalue weighted by Crippen LogP contribution is -2.30. The first-order chi connectivity index (χ1) is 13.9. The van der Waals surface area contributed by atoms with E-state index in [1.54, 1.807) is 18.2 Å². The zero-order valence-electron chi connectivity index (χ0n) is 15.7. The lowest BCUT2D eigenvalue weighted by Gasteiger charge is -2.20. The fraction of sp³-hybridized carbons (Fsp3) is 0.300. The van der Waals surface area contributed by atoms with Crippen LogP contribution in [0, 0.1) is 10.1 Å². The summed E-state index contributed by atoms with van der Waals surface area (Å²) in [6.07, 6.45) is 2.14. The molecule has 3 rings (SSSR count). The number of nitrogens with zero attached hydrogens (tertiary/aromatic N) is 2. The van der Waals surface area contributed by atoms with Gasteiger partial charge in [0.25, 0.3) is 11.6 Å². The smallest absolute Gasteiger partial charge is 0.270 e. The number of nitro benzene ring substituents is 1. The van der Waals surface area contributed by atoms with Gasteiger partial charge < -0.3 is 15.5 Å². The lowest BCUT2D eigenvalue weighted by atomic mass is 10.1. The van der Waals surface area contributed by atoms with E-state index < -0.39 is 10.8 Å². The molecular weight excluding hydrogens is 440 g/mol. The van der Waals surface area contributed by atoms with Gasteiger partial charge in [-0.1, -0.05) is 15.9 Å². The normalized spacial score (nSPS) is 13.2. The van der Waals surface area contributed by atoms with Crippen LogP contribution in [0.25, 0.3) is 0 Å². The highest BCUT2D eigenvalue weighted by Crippen LogP contribution is 2.28. The third kappa shape index (κ3) is 5.54. The van der Waals surface area contributed by atoms with Crippen LogP contribution in [0.5, 0.6) is 0 Å². The first kappa shape index (κ1) is 20.8. The molecule has 0 radical (unpaired) electrons. The van der Waals surface area contributed by atoms with Crippen molar-refractivity contribution in [2.24, 2.45) is 0 Å². The number of benzene rings is 2. The molecule has 0 bridgehead atoms. The minimum absolute atomic E-state index is 0.0930. The Labute approximate surface area is 176 Å². The summed E-state index contributed by atoms with van der Waals surface area (Å²) in [5, 5.41) is 16.6. The molecule has 152 valence electrons. The van der Waals surface area contributed by atoms with E-state index in [1.165, 1.54) is 12.1 Å². The quantitative estimate of drug-likeness (QED) is 0.483. The molecule has 0 saturated carbocycles. The Morgan fingerprint density at radius 2 is 1.79 bits per heavy atom. The molecule has 0 aromatic heterocycles. The second kappa shape index (κ2) is 9.51. The van der Waals surface area contributed by atoms with E-state index in [2.05, 4.69) is 31.5 Å². The number of amides is 2. The maximum atomic E-state index is 12.7. The summed E-state index contributed by atoms with van der Waals surface area (Å²) >= 11 is 3.33. The zero-order valence-corrected chi connectivity index (χ0v) is 17.3. The zero-order chi connectivity index (χ0) is 20.8. The fourth-order valence-electron chi connectivity index (χ4n) is 3.19. The van der Waals surface area contributed by atoms with Gasteiger partial charge in [0.15, 0.2) is 0 Å². The van der Waals surface area contributed by atoms with Crippen LogP contribution in [0.3, 0.4) is 0 Å². The number of hydrogen-bond acceptors (Lipinski definition) is 5. The number of carbonyl (C=O) groups is 2. The summed E-state index contributed by atoms with van der Waals surface area (Å²) in [5.41, 5.74) is 1.48. The highest BCUT2D eigenvalue weighted by molar-refractivity contribution is 9.10. The van der Waals surface area contributed by atoms with Gasteiger partial charge in [-0.2, -0.15) is 0 Å². The van der Waals surface area contributed by atoms with Crippen molar-refractivity contribution in [2.45, 2.75) is 19.3 Å². The first-order valence-corrected chi connectivity index (χ1v) is 10.1. The van der Waals surface area contributed by atoms with E-state index in [9.17, 15) is 19.7 Å². The van der Waals surface area contributed by atoms with Gasteiger partial charge in [0.2, 0.25) is 5.91 Å². The van der Waals surface area contributed by atoms with Gasteiger partial charge in [0.1, 0.15) is 0 Å². The maximum absolute atomic E-state index is 12.7. The summed E-state index contributed by atoms with van der Waals surface area (Å²) in [6.45, 7) is 1.75. The third-order valence-corrected chi connectivity index (χ3v) is 5.18. The number of anilines is 2. The molecule has 2 N–H and O–H groups in total. The molecular formula is C20H21BrN4O4. The average molecular weight is 461 g/mol. The predicted molar refractivity (Wildman–Crippen MR) is 114 cm³/mol. The largest absolute Gasteiger partial charge is 0.371 e. The molecule has 8 nitrogen and oxygen atoms in total. The van der Waals surface area contributed by atoms with E-state index >= 15 is 0 Å². The summed E-state index contributed by atoms with van der Waals surface area (Å²) < 4.78 is 0.911. The summed E-state index contributed by atoms with van der Waals surface area (Å²) in [5.74, 6) is -0.654. The van der Waals surface area contributed by atoms with Crippen molar-refractivity contribution >= 4 is 44.8 Å². The number of rotatable bonds is 7. The Bertz CT molecular complexity index is 911. The van der Waals surface area contributed by atoms with Crippen LogP contribution in [0.1, 0.15) is 29.6 Å². The second-order valence-electron chi connectivity index (χ2n) is 6.71. The van der Waals surface area contributed by atoms with Gasteiger partial charge in [-0.3, -0.25) is 19.7 Å². The minimum atomic E-state index is -0.518. The standard InChI is InChI=1S/C20H21BrN4O4/c21-14-3-5-15(6-4-14)23-19(26)9-10-22-20(27)17-13-16(25(28)29)7-8-18(17)24-11-1-2-12-24/h3-8,13H,1-2,9-12H2,(H,22,27)(H,23,26). The molecule has 1 heterocycles. The Kier molecular flexibility index (Phi) is 6.82. The second-order valence-corrected chi connectivity index (χ2v) is 7.63. The van der Waals surface area contributed by atoms with E-state index in [0.29, 0.717) is 11.4 Å². The number of nitro groups is 1. The van der Waals surface area contributed by atoms with E-state index in [-0.39, 0.29) is 30.1 Å². The van der Waals surface area contributed by atoms with Crippen LogP contribution in [-0.2, 0) is 4.79 Å². The van der Waals surface area contributed by atoms with Crippen molar-refractivity contribution in [1.29, 1.82) is 0 Å².